The Morgan fingerprint density at radius 3 is 3.29 bits per heavy atom. The van der Waals surface area contributed by atoms with Crippen molar-refractivity contribution in [3.05, 3.63) is 21.9 Å². The summed E-state index contributed by atoms with van der Waals surface area (Å²) in [4.78, 5) is 1.42. The second-order valence-electron chi connectivity index (χ2n) is 3.98. The fourth-order valence-corrected chi connectivity index (χ4v) is 2.72. The van der Waals surface area contributed by atoms with Gasteiger partial charge in [0.15, 0.2) is 0 Å². The van der Waals surface area contributed by atoms with E-state index in [1.807, 2.05) is 11.3 Å². The van der Waals surface area contributed by atoms with Gasteiger partial charge in [-0.15, -0.1) is 11.3 Å². The molecule has 1 aliphatic heterocycles. The van der Waals surface area contributed by atoms with Gasteiger partial charge in [-0.1, -0.05) is 13.8 Å². The lowest BCUT2D eigenvalue weighted by molar-refractivity contribution is 0.0443. The Balaban J connectivity index is 2.01. The van der Waals surface area contributed by atoms with Crippen LogP contribution in [-0.2, 0) is 11.2 Å². The predicted octanol–water partition coefficient (Wildman–Crippen LogP) is 2.36. The lowest BCUT2D eigenvalue weighted by Gasteiger charge is -2.24. The minimum absolute atomic E-state index is 0.279. The van der Waals surface area contributed by atoms with Gasteiger partial charge in [0.05, 0.1) is 6.61 Å². The average Bonchev–Trinajstić information content (AvgIpc) is 2.62. The topological polar surface area (TPSA) is 21.3 Å². The maximum atomic E-state index is 5.76. The molecule has 0 radical (unpaired) electrons. The molecule has 1 aromatic rings. The van der Waals surface area contributed by atoms with Gasteiger partial charge in [-0.3, -0.25) is 0 Å². The first-order valence-corrected chi connectivity index (χ1v) is 6.06. The molecule has 0 fully saturated rings. The van der Waals surface area contributed by atoms with Crippen molar-refractivity contribution in [3.63, 3.8) is 0 Å². The van der Waals surface area contributed by atoms with Gasteiger partial charge in [0.1, 0.15) is 6.10 Å². The van der Waals surface area contributed by atoms with E-state index >= 15 is 0 Å². The van der Waals surface area contributed by atoms with Crippen molar-refractivity contribution in [1.82, 2.24) is 5.32 Å². The van der Waals surface area contributed by atoms with Crippen LogP contribution in [0.15, 0.2) is 11.4 Å². The van der Waals surface area contributed by atoms with E-state index in [1.165, 1.54) is 10.4 Å². The number of ether oxygens (including phenoxy) is 1. The normalized spacial score (nSPS) is 21.2. The molecular weight excluding hydrogens is 194 g/mol. The lowest BCUT2D eigenvalue weighted by Crippen LogP contribution is -2.30. The van der Waals surface area contributed by atoms with Crippen LogP contribution in [0.1, 0.15) is 30.4 Å². The monoisotopic (exact) mass is 211 g/mol. The fourth-order valence-electron chi connectivity index (χ4n) is 1.72. The Labute approximate surface area is 89.3 Å². The van der Waals surface area contributed by atoms with Crippen molar-refractivity contribution in [2.45, 2.75) is 32.4 Å². The second kappa shape index (κ2) is 4.43. The van der Waals surface area contributed by atoms with E-state index in [2.05, 4.69) is 30.6 Å². The van der Waals surface area contributed by atoms with Crippen molar-refractivity contribution in [1.29, 1.82) is 0 Å². The zero-order chi connectivity index (χ0) is 9.97. The molecule has 0 aliphatic carbocycles. The molecule has 0 aromatic carbocycles. The predicted molar refractivity (Wildman–Crippen MR) is 59.9 cm³/mol. The van der Waals surface area contributed by atoms with Gasteiger partial charge in [-0.05, 0) is 23.4 Å². The zero-order valence-corrected chi connectivity index (χ0v) is 9.56. The molecule has 0 unspecified atom stereocenters. The third-order valence-corrected chi connectivity index (χ3v) is 3.53. The molecule has 2 heterocycles. The Kier molecular flexibility index (Phi) is 3.21. The van der Waals surface area contributed by atoms with Crippen LogP contribution in [-0.4, -0.2) is 19.2 Å². The largest absolute Gasteiger partial charge is 0.371 e. The van der Waals surface area contributed by atoms with Crippen LogP contribution in [0.4, 0.5) is 0 Å². The summed E-state index contributed by atoms with van der Waals surface area (Å²) in [6.07, 6.45) is 1.36. The molecule has 14 heavy (non-hydrogen) atoms. The van der Waals surface area contributed by atoms with Crippen LogP contribution >= 0.6 is 11.3 Å². The zero-order valence-electron chi connectivity index (χ0n) is 8.75. The average molecular weight is 211 g/mol. The molecule has 3 heteroatoms. The van der Waals surface area contributed by atoms with E-state index in [0.29, 0.717) is 6.04 Å². The first-order chi connectivity index (χ1) is 6.77. The third-order valence-electron chi connectivity index (χ3n) is 2.48. The van der Waals surface area contributed by atoms with Gasteiger partial charge in [-0.25, -0.2) is 0 Å². The first-order valence-electron chi connectivity index (χ1n) is 5.18. The molecule has 0 amide bonds. The number of rotatable bonds is 3. The summed E-state index contributed by atoms with van der Waals surface area (Å²) in [5.74, 6) is 0. The Morgan fingerprint density at radius 1 is 1.64 bits per heavy atom. The smallest absolute Gasteiger partial charge is 0.104 e. The van der Waals surface area contributed by atoms with Crippen LogP contribution < -0.4 is 5.32 Å². The molecule has 2 rings (SSSR count). The standard InChI is InChI=1S/C11H17NOS/c1-8(2)12-7-10-11-9(3-5-13-10)4-6-14-11/h4,6,8,10,12H,3,5,7H2,1-2H3/t10-/m0/s1. The highest BCUT2D eigenvalue weighted by atomic mass is 32.1. The molecule has 0 bridgehead atoms. The second-order valence-corrected chi connectivity index (χ2v) is 4.93. The minimum Gasteiger partial charge on any atom is -0.371 e. The highest BCUT2D eigenvalue weighted by molar-refractivity contribution is 7.10. The SMILES string of the molecule is CC(C)NC[C@@H]1OCCc2ccsc21. The van der Waals surface area contributed by atoms with Crippen molar-refractivity contribution in [2.75, 3.05) is 13.2 Å². The summed E-state index contributed by atoms with van der Waals surface area (Å²) in [5, 5.41) is 5.60. The fraction of sp³-hybridized carbons (Fsp3) is 0.636. The maximum absolute atomic E-state index is 5.76. The minimum atomic E-state index is 0.279. The molecule has 0 saturated carbocycles. The van der Waals surface area contributed by atoms with E-state index in [0.717, 1.165) is 19.6 Å². The Morgan fingerprint density at radius 2 is 2.50 bits per heavy atom. The summed E-state index contributed by atoms with van der Waals surface area (Å²) in [7, 11) is 0. The van der Waals surface area contributed by atoms with Gasteiger partial charge in [0.25, 0.3) is 0 Å². The van der Waals surface area contributed by atoms with Gasteiger partial charge >= 0.3 is 0 Å². The number of fused-ring (bicyclic) bond motifs is 1. The van der Waals surface area contributed by atoms with E-state index in [9.17, 15) is 0 Å². The van der Waals surface area contributed by atoms with Crippen LogP contribution in [0.5, 0.6) is 0 Å². The van der Waals surface area contributed by atoms with E-state index < -0.39 is 0 Å². The molecule has 1 atom stereocenters. The lowest BCUT2D eigenvalue weighted by atomic mass is 10.1. The van der Waals surface area contributed by atoms with E-state index in [4.69, 9.17) is 4.74 Å². The van der Waals surface area contributed by atoms with Crippen molar-refractivity contribution < 1.29 is 4.74 Å². The quantitative estimate of drug-likeness (QED) is 0.828. The molecular formula is C11H17NOS. The maximum Gasteiger partial charge on any atom is 0.104 e. The molecule has 2 nitrogen and oxygen atoms in total. The number of thiophene rings is 1. The van der Waals surface area contributed by atoms with Gasteiger partial charge in [0, 0.05) is 17.5 Å². The summed E-state index contributed by atoms with van der Waals surface area (Å²) in [5.41, 5.74) is 1.48. The summed E-state index contributed by atoms with van der Waals surface area (Å²) < 4.78 is 5.76. The number of hydrogen-bond acceptors (Lipinski definition) is 3. The van der Waals surface area contributed by atoms with E-state index in [-0.39, 0.29) is 6.10 Å². The summed E-state index contributed by atoms with van der Waals surface area (Å²) in [6.45, 7) is 6.13. The summed E-state index contributed by atoms with van der Waals surface area (Å²) >= 11 is 1.82. The molecule has 78 valence electrons. The van der Waals surface area contributed by atoms with Crippen LogP contribution in [0.2, 0.25) is 0 Å². The molecule has 0 saturated heterocycles. The Hall–Kier alpha value is -0.380. The van der Waals surface area contributed by atoms with E-state index in [1.54, 1.807) is 0 Å². The highest BCUT2D eigenvalue weighted by Gasteiger charge is 2.21. The molecule has 0 spiro atoms. The van der Waals surface area contributed by atoms with Crippen molar-refractivity contribution in [3.8, 4) is 0 Å². The van der Waals surface area contributed by atoms with Gasteiger partial charge in [0.2, 0.25) is 0 Å². The van der Waals surface area contributed by atoms with Crippen molar-refractivity contribution >= 4 is 11.3 Å². The number of nitrogens with one attached hydrogen (secondary N) is 1. The van der Waals surface area contributed by atoms with Crippen molar-refractivity contribution in [2.24, 2.45) is 0 Å². The first kappa shape index (κ1) is 10.1. The van der Waals surface area contributed by atoms with Crippen LogP contribution in [0.3, 0.4) is 0 Å². The van der Waals surface area contributed by atoms with Crippen LogP contribution in [0, 0.1) is 0 Å². The molecule has 1 aliphatic rings. The molecule has 1 aromatic heterocycles. The highest BCUT2D eigenvalue weighted by Crippen LogP contribution is 2.31. The van der Waals surface area contributed by atoms with Gasteiger partial charge in [-0.2, -0.15) is 0 Å². The van der Waals surface area contributed by atoms with Crippen LogP contribution in [0.25, 0.3) is 0 Å². The third kappa shape index (κ3) is 2.16. The Bertz CT molecular complexity index is 295. The van der Waals surface area contributed by atoms with Gasteiger partial charge < -0.3 is 10.1 Å². The molecule has 1 N–H and O–H groups in total. The number of hydrogen-bond donors (Lipinski definition) is 1. The summed E-state index contributed by atoms with van der Waals surface area (Å²) in [6, 6.07) is 2.76.